The highest BCUT2D eigenvalue weighted by atomic mass is 79.9. The van der Waals surface area contributed by atoms with Crippen molar-refractivity contribution in [1.29, 1.82) is 0 Å². The van der Waals surface area contributed by atoms with Crippen LogP contribution >= 0.6 is 15.9 Å². The van der Waals surface area contributed by atoms with E-state index >= 15 is 0 Å². The fourth-order valence-electron chi connectivity index (χ4n) is 1.91. The lowest BCUT2D eigenvalue weighted by atomic mass is 10.2. The minimum Gasteiger partial charge on any atom is -0.460 e. The van der Waals surface area contributed by atoms with Crippen molar-refractivity contribution in [3.63, 3.8) is 0 Å². The number of aromatic amines is 1. The Labute approximate surface area is 124 Å². The molecule has 0 aliphatic heterocycles. The summed E-state index contributed by atoms with van der Waals surface area (Å²) in [5, 5.41) is 10.4. The van der Waals surface area contributed by atoms with E-state index in [1.54, 1.807) is 12.4 Å². The standard InChI is InChI=1S/C14H13BrN4O/c1-9-2-4-12(20-9)14-10(7-18-19-14)6-16-11-3-5-13(15)17-8-11/h2-5,7-8,16H,6H2,1H3,(H,18,19). The molecule has 3 aromatic rings. The van der Waals surface area contributed by atoms with Crippen LogP contribution in [0.25, 0.3) is 11.5 Å². The van der Waals surface area contributed by atoms with Crippen molar-refractivity contribution in [3.05, 3.63) is 52.6 Å². The minimum atomic E-state index is 0.648. The maximum Gasteiger partial charge on any atom is 0.152 e. The second kappa shape index (κ2) is 5.50. The van der Waals surface area contributed by atoms with E-state index < -0.39 is 0 Å². The van der Waals surface area contributed by atoms with Crippen LogP contribution in [0.5, 0.6) is 0 Å². The maximum absolute atomic E-state index is 5.62. The zero-order valence-corrected chi connectivity index (χ0v) is 12.4. The SMILES string of the molecule is Cc1ccc(-c2[nH]ncc2CNc2ccc(Br)nc2)o1. The molecule has 5 nitrogen and oxygen atoms in total. The van der Waals surface area contributed by atoms with Crippen LogP contribution in [0.15, 0.2) is 45.7 Å². The summed E-state index contributed by atoms with van der Waals surface area (Å²) in [7, 11) is 0. The second-order valence-corrected chi connectivity index (χ2v) is 5.22. The second-order valence-electron chi connectivity index (χ2n) is 4.40. The maximum atomic E-state index is 5.62. The van der Waals surface area contributed by atoms with Gasteiger partial charge in [-0.1, -0.05) is 0 Å². The Hall–Kier alpha value is -2.08. The third kappa shape index (κ3) is 2.75. The molecule has 102 valence electrons. The molecule has 6 heteroatoms. The lowest BCUT2D eigenvalue weighted by molar-refractivity contribution is 0.545. The van der Waals surface area contributed by atoms with Gasteiger partial charge in [-0.3, -0.25) is 5.10 Å². The van der Waals surface area contributed by atoms with Crippen LogP contribution in [0.1, 0.15) is 11.3 Å². The first kappa shape index (κ1) is 12.9. The van der Waals surface area contributed by atoms with E-state index in [0.29, 0.717) is 6.54 Å². The Balaban J connectivity index is 1.75. The van der Waals surface area contributed by atoms with Gasteiger partial charge in [0.05, 0.1) is 18.1 Å². The van der Waals surface area contributed by atoms with Gasteiger partial charge in [-0.2, -0.15) is 5.10 Å². The van der Waals surface area contributed by atoms with Crippen molar-refractivity contribution in [2.24, 2.45) is 0 Å². The molecule has 0 bridgehead atoms. The fourth-order valence-corrected chi connectivity index (χ4v) is 2.14. The number of H-pyrrole nitrogens is 1. The number of halogens is 1. The lowest BCUT2D eigenvalue weighted by Crippen LogP contribution is -2.00. The zero-order chi connectivity index (χ0) is 13.9. The molecule has 0 atom stereocenters. The lowest BCUT2D eigenvalue weighted by Gasteiger charge is -2.05. The summed E-state index contributed by atoms with van der Waals surface area (Å²) in [6.07, 6.45) is 3.58. The Morgan fingerprint density at radius 3 is 2.85 bits per heavy atom. The van der Waals surface area contributed by atoms with Gasteiger partial charge in [0, 0.05) is 12.1 Å². The number of aromatic nitrogens is 3. The van der Waals surface area contributed by atoms with Crippen LogP contribution < -0.4 is 5.32 Å². The molecule has 3 rings (SSSR count). The molecule has 0 aromatic carbocycles. The molecule has 20 heavy (non-hydrogen) atoms. The fraction of sp³-hybridized carbons (Fsp3) is 0.143. The number of hydrogen-bond acceptors (Lipinski definition) is 4. The predicted molar refractivity (Wildman–Crippen MR) is 80.3 cm³/mol. The number of nitrogens with one attached hydrogen (secondary N) is 2. The molecule has 0 spiro atoms. The average Bonchev–Trinajstić information content (AvgIpc) is 3.06. The molecule has 0 amide bonds. The molecule has 0 aliphatic rings. The van der Waals surface area contributed by atoms with E-state index in [1.165, 1.54) is 0 Å². The van der Waals surface area contributed by atoms with Gasteiger partial charge in [0.15, 0.2) is 5.76 Å². The summed E-state index contributed by atoms with van der Waals surface area (Å²) >= 11 is 3.31. The Morgan fingerprint density at radius 2 is 2.15 bits per heavy atom. The summed E-state index contributed by atoms with van der Waals surface area (Å²) in [5.41, 5.74) is 2.90. The molecule has 0 unspecified atom stereocenters. The molecular formula is C14H13BrN4O. The molecule has 3 heterocycles. The molecule has 3 aromatic heterocycles. The van der Waals surface area contributed by atoms with Crippen LogP contribution in [0.4, 0.5) is 5.69 Å². The molecule has 0 fully saturated rings. The Morgan fingerprint density at radius 1 is 1.25 bits per heavy atom. The van der Waals surface area contributed by atoms with Gasteiger partial charge in [0.2, 0.25) is 0 Å². The number of pyridine rings is 1. The first-order valence-electron chi connectivity index (χ1n) is 6.17. The molecule has 0 saturated heterocycles. The molecule has 0 radical (unpaired) electrons. The van der Waals surface area contributed by atoms with Crippen LogP contribution in [-0.4, -0.2) is 15.2 Å². The average molecular weight is 333 g/mol. The molecule has 2 N–H and O–H groups in total. The monoisotopic (exact) mass is 332 g/mol. The van der Waals surface area contributed by atoms with E-state index in [4.69, 9.17) is 4.42 Å². The van der Waals surface area contributed by atoms with E-state index in [2.05, 4.69) is 36.4 Å². The highest BCUT2D eigenvalue weighted by molar-refractivity contribution is 9.10. The van der Waals surface area contributed by atoms with Gasteiger partial charge >= 0.3 is 0 Å². The van der Waals surface area contributed by atoms with Gasteiger partial charge in [0.1, 0.15) is 16.1 Å². The van der Waals surface area contributed by atoms with Crippen LogP contribution in [0.2, 0.25) is 0 Å². The largest absolute Gasteiger partial charge is 0.460 e. The topological polar surface area (TPSA) is 66.7 Å². The number of rotatable bonds is 4. The summed E-state index contributed by atoms with van der Waals surface area (Å²) in [6, 6.07) is 7.74. The van der Waals surface area contributed by atoms with Crippen molar-refractivity contribution in [3.8, 4) is 11.5 Å². The molecule has 0 aliphatic carbocycles. The van der Waals surface area contributed by atoms with Gasteiger partial charge in [-0.05, 0) is 47.1 Å². The van der Waals surface area contributed by atoms with Gasteiger partial charge in [-0.15, -0.1) is 0 Å². The third-order valence-corrected chi connectivity index (χ3v) is 3.38. The van der Waals surface area contributed by atoms with E-state index in [9.17, 15) is 0 Å². The number of nitrogens with zero attached hydrogens (tertiary/aromatic N) is 2. The van der Waals surface area contributed by atoms with Crippen molar-refractivity contribution in [2.45, 2.75) is 13.5 Å². The third-order valence-electron chi connectivity index (χ3n) is 2.91. The van der Waals surface area contributed by atoms with Crippen molar-refractivity contribution in [1.82, 2.24) is 15.2 Å². The van der Waals surface area contributed by atoms with Crippen LogP contribution in [0.3, 0.4) is 0 Å². The van der Waals surface area contributed by atoms with Crippen LogP contribution in [-0.2, 0) is 6.54 Å². The van der Waals surface area contributed by atoms with E-state index in [0.717, 1.165) is 33.1 Å². The predicted octanol–water partition coefficient (Wildman–Crippen LogP) is 3.75. The molecular weight excluding hydrogens is 320 g/mol. The number of furan rings is 1. The smallest absolute Gasteiger partial charge is 0.152 e. The highest BCUT2D eigenvalue weighted by Crippen LogP contribution is 2.24. The zero-order valence-electron chi connectivity index (χ0n) is 10.9. The number of anilines is 1. The summed E-state index contributed by atoms with van der Waals surface area (Å²) in [4.78, 5) is 4.18. The summed E-state index contributed by atoms with van der Waals surface area (Å²) in [5.74, 6) is 1.68. The first-order chi connectivity index (χ1) is 9.72. The van der Waals surface area contributed by atoms with Crippen molar-refractivity contribution >= 4 is 21.6 Å². The number of hydrogen-bond donors (Lipinski definition) is 2. The summed E-state index contributed by atoms with van der Waals surface area (Å²) < 4.78 is 6.44. The van der Waals surface area contributed by atoms with Crippen molar-refractivity contribution in [2.75, 3.05) is 5.32 Å². The normalized spacial score (nSPS) is 10.7. The summed E-state index contributed by atoms with van der Waals surface area (Å²) in [6.45, 7) is 2.57. The first-order valence-corrected chi connectivity index (χ1v) is 6.96. The van der Waals surface area contributed by atoms with Gasteiger partial charge in [-0.25, -0.2) is 4.98 Å². The van der Waals surface area contributed by atoms with E-state index in [-0.39, 0.29) is 0 Å². The quantitative estimate of drug-likeness (QED) is 0.714. The van der Waals surface area contributed by atoms with Gasteiger partial charge in [0.25, 0.3) is 0 Å². The Kier molecular flexibility index (Phi) is 3.56. The minimum absolute atomic E-state index is 0.648. The van der Waals surface area contributed by atoms with E-state index in [1.807, 2.05) is 31.2 Å². The van der Waals surface area contributed by atoms with Crippen molar-refractivity contribution < 1.29 is 4.42 Å². The van der Waals surface area contributed by atoms with Crippen LogP contribution in [0, 0.1) is 6.92 Å². The molecule has 0 saturated carbocycles. The van der Waals surface area contributed by atoms with Gasteiger partial charge < -0.3 is 9.73 Å². The highest BCUT2D eigenvalue weighted by Gasteiger charge is 2.10. The number of aryl methyl sites for hydroxylation is 1. The Bertz CT molecular complexity index is 702.